The second kappa shape index (κ2) is 7.00. The van der Waals surface area contributed by atoms with Crippen LogP contribution in [0.25, 0.3) is 0 Å². The third-order valence-electron chi connectivity index (χ3n) is 4.16. The van der Waals surface area contributed by atoms with E-state index in [2.05, 4.69) is 4.98 Å². The molecule has 1 amide bonds. The first kappa shape index (κ1) is 15.8. The van der Waals surface area contributed by atoms with Crippen LogP contribution in [0.15, 0.2) is 5.38 Å². The first-order valence-corrected chi connectivity index (χ1v) is 9.70. The summed E-state index contributed by atoms with van der Waals surface area (Å²) in [4.78, 5) is 30.7. The van der Waals surface area contributed by atoms with Crippen LogP contribution in [0.5, 0.6) is 0 Å². The number of esters is 1. The topological polar surface area (TPSA) is 59.5 Å². The van der Waals surface area contributed by atoms with Gasteiger partial charge in [0.1, 0.15) is 12.6 Å². The van der Waals surface area contributed by atoms with Gasteiger partial charge in [-0.15, -0.1) is 23.1 Å². The summed E-state index contributed by atoms with van der Waals surface area (Å²) in [7, 11) is 0. The van der Waals surface area contributed by atoms with Crippen molar-refractivity contribution in [1.29, 1.82) is 0 Å². The molecule has 7 heteroatoms. The number of hydrogen-bond acceptors (Lipinski definition) is 6. The van der Waals surface area contributed by atoms with Crippen LogP contribution in [0.4, 0.5) is 0 Å². The molecule has 0 unspecified atom stereocenters. The molecule has 2 fully saturated rings. The first-order valence-electron chi connectivity index (χ1n) is 7.67. The van der Waals surface area contributed by atoms with Crippen molar-refractivity contribution in [3.8, 4) is 0 Å². The summed E-state index contributed by atoms with van der Waals surface area (Å²) in [5.74, 6) is 1.18. The van der Waals surface area contributed by atoms with Gasteiger partial charge in [0.05, 0.1) is 16.6 Å². The number of thioether (sulfide) groups is 1. The van der Waals surface area contributed by atoms with Crippen molar-refractivity contribution in [3.05, 3.63) is 16.1 Å². The van der Waals surface area contributed by atoms with Crippen molar-refractivity contribution in [3.63, 3.8) is 0 Å². The van der Waals surface area contributed by atoms with Crippen LogP contribution in [-0.4, -0.2) is 39.4 Å². The predicted octanol–water partition coefficient (Wildman–Crippen LogP) is 2.45. The molecule has 1 saturated heterocycles. The molecule has 2 heterocycles. The molecule has 1 saturated carbocycles. The number of thiazole rings is 1. The van der Waals surface area contributed by atoms with Crippen LogP contribution in [-0.2, 0) is 27.4 Å². The number of nitrogens with zero attached hydrogens (tertiary/aromatic N) is 2. The van der Waals surface area contributed by atoms with Crippen LogP contribution in [0, 0.1) is 5.92 Å². The zero-order valence-electron chi connectivity index (χ0n) is 12.6. The van der Waals surface area contributed by atoms with Gasteiger partial charge in [0, 0.05) is 17.1 Å². The fourth-order valence-electron chi connectivity index (χ4n) is 2.56. The van der Waals surface area contributed by atoms with E-state index in [1.54, 1.807) is 28.0 Å². The highest BCUT2D eigenvalue weighted by Crippen LogP contribution is 2.32. The highest BCUT2D eigenvalue weighted by molar-refractivity contribution is 7.99. The molecule has 120 valence electrons. The van der Waals surface area contributed by atoms with Crippen molar-refractivity contribution in [1.82, 2.24) is 9.88 Å². The maximum atomic E-state index is 12.4. The molecule has 5 nitrogen and oxygen atoms in total. The molecule has 1 aliphatic heterocycles. The van der Waals surface area contributed by atoms with Crippen LogP contribution in [0.3, 0.4) is 0 Å². The smallest absolute Gasteiger partial charge is 0.330 e. The maximum Gasteiger partial charge on any atom is 0.330 e. The molecular formula is C15H20N2O3S2. The third kappa shape index (κ3) is 3.30. The molecule has 1 aromatic heterocycles. The summed E-state index contributed by atoms with van der Waals surface area (Å²) in [5, 5.41) is 2.97. The molecule has 0 radical (unpaired) electrons. The predicted molar refractivity (Wildman–Crippen MR) is 86.6 cm³/mol. The Morgan fingerprint density at radius 1 is 1.45 bits per heavy atom. The van der Waals surface area contributed by atoms with Gasteiger partial charge in [-0.2, -0.15) is 0 Å². The Morgan fingerprint density at radius 3 is 2.91 bits per heavy atom. The average Bonchev–Trinajstić information content (AvgIpc) is 3.11. The van der Waals surface area contributed by atoms with Gasteiger partial charge in [0.15, 0.2) is 0 Å². The van der Waals surface area contributed by atoms with E-state index in [9.17, 15) is 9.59 Å². The van der Waals surface area contributed by atoms with Crippen LogP contribution < -0.4 is 0 Å². The minimum atomic E-state index is -0.428. The van der Waals surface area contributed by atoms with Crippen molar-refractivity contribution < 1.29 is 14.3 Å². The van der Waals surface area contributed by atoms with E-state index in [1.165, 1.54) is 0 Å². The Kier molecular flexibility index (Phi) is 5.03. The Hall–Kier alpha value is -1.08. The van der Waals surface area contributed by atoms with Gasteiger partial charge in [-0.05, 0) is 19.3 Å². The third-order valence-corrected chi connectivity index (χ3v) is 6.21. The number of carbonyl (C=O) groups excluding carboxylic acids is 2. The summed E-state index contributed by atoms with van der Waals surface area (Å²) in [6.45, 7) is 2.25. The van der Waals surface area contributed by atoms with Crippen LogP contribution in [0.1, 0.15) is 36.9 Å². The number of hydrogen-bond donors (Lipinski definition) is 0. The summed E-state index contributed by atoms with van der Waals surface area (Å²) < 4.78 is 5.38. The minimum absolute atomic E-state index is 0.125. The van der Waals surface area contributed by atoms with Gasteiger partial charge >= 0.3 is 5.97 Å². The molecule has 3 rings (SSSR count). The molecule has 0 aromatic carbocycles. The summed E-state index contributed by atoms with van der Waals surface area (Å²) in [5.41, 5.74) is 0.790. The SMILES string of the molecule is CCc1nc(COC(=O)[C@@H]2CSCN2C(=O)C2CCC2)cs1. The molecule has 0 bridgehead atoms. The molecule has 0 spiro atoms. The largest absolute Gasteiger partial charge is 0.458 e. The number of carbonyl (C=O) groups is 2. The normalized spacial score (nSPS) is 21.7. The zero-order valence-corrected chi connectivity index (χ0v) is 14.3. The molecule has 2 aliphatic rings. The standard InChI is InChI=1S/C15H20N2O3S2/c1-2-13-16-11(7-22-13)6-20-15(19)12-8-21-9-17(12)14(18)10-4-3-5-10/h7,10,12H,2-6,8-9H2,1H3/t12-/m0/s1. The minimum Gasteiger partial charge on any atom is -0.458 e. The van der Waals surface area contributed by atoms with E-state index in [1.807, 2.05) is 12.3 Å². The van der Waals surface area contributed by atoms with E-state index >= 15 is 0 Å². The lowest BCUT2D eigenvalue weighted by Crippen LogP contribution is -2.46. The maximum absolute atomic E-state index is 12.4. The van der Waals surface area contributed by atoms with Crippen LogP contribution >= 0.6 is 23.1 Å². The van der Waals surface area contributed by atoms with Crippen molar-refractivity contribution in [2.24, 2.45) is 5.92 Å². The highest BCUT2D eigenvalue weighted by atomic mass is 32.2. The zero-order chi connectivity index (χ0) is 15.5. The quantitative estimate of drug-likeness (QED) is 0.771. The Morgan fingerprint density at radius 2 is 2.27 bits per heavy atom. The monoisotopic (exact) mass is 340 g/mol. The molecule has 1 aliphatic carbocycles. The van der Waals surface area contributed by atoms with Crippen molar-refractivity contribution in [2.75, 3.05) is 11.6 Å². The fourth-order valence-corrected chi connectivity index (χ4v) is 4.44. The second-order valence-electron chi connectivity index (χ2n) is 5.65. The second-order valence-corrected chi connectivity index (χ2v) is 7.59. The number of aromatic nitrogens is 1. The number of rotatable bonds is 5. The van der Waals surface area contributed by atoms with Gasteiger partial charge in [-0.25, -0.2) is 9.78 Å². The van der Waals surface area contributed by atoms with Crippen molar-refractivity contribution in [2.45, 2.75) is 45.3 Å². The average molecular weight is 340 g/mol. The first-order chi connectivity index (χ1) is 10.7. The number of aryl methyl sites for hydroxylation is 1. The van der Waals surface area contributed by atoms with Gasteiger partial charge in [-0.3, -0.25) is 4.79 Å². The summed E-state index contributed by atoms with van der Waals surface area (Å²) in [6, 6.07) is -0.428. The van der Waals surface area contributed by atoms with E-state index in [4.69, 9.17) is 4.74 Å². The van der Waals surface area contributed by atoms with Crippen molar-refractivity contribution >= 4 is 35.0 Å². The molecule has 0 N–H and O–H groups in total. The van der Waals surface area contributed by atoms with Gasteiger partial charge < -0.3 is 9.64 Å². The van der Waals surface area contributed by atoms with E-state index in [-0.39, 0.29) is 24.4 Å². The van der Waals surface area contributed by atoms with Gasteiger partial charge in [-0.1, -0.05) is 13.3 Å². The summed E-state index contributed by atoms with van der Waals surface area (Å²) >= 11 is 3.20. The summed E-state index contributed by atoms with van der Waals surface area (Å²) in [6.07, 6.45) is 3.93. The van der Waals surface area contributed by atoms with Crippen LogP contribution in [0.2, 0.25) is 0 Å². The number of amides is 1. The Balaban J connectivity index is 1.55. The molecular weight excluding hydrogens is 320 g/mol. The van der Waals surface area contributed by atoms with Gasteiger partial charge in [0.25, 0.3) is 0 Å². The Labute approximate surface area is 138 Å². The van der Waals surface area contributed by atoms with E-state index in [0.29, 0.717) is 11.6 Å². The van der Waals surface area contributed by atoms with E-state index < -0.39 is 6.04 Å². The fraction of sp³-hybridized carbons (Fsp3) is 0.667. The van der Waals surface area contributed by atoms with Gasteiger partial charge in [0.2, 0.25) is 5.91 Å². The lowest BCUT2D eigenvalue weighted by molar-refractivity contribution is -0.156. The highest BCUT2D eigenvalue weighted by Gasteiger charge is 2.40. The lowest BCUT2D eigenvalue weighted by atomic mass is 9.84. The lowest BCUT2D eigenvalue weighted by Gasteiger charge is -2.31. The number of ether oxygens (including phenoxy) is 1. The molecule has 22 heavy (non-hydrogen) atoms. The molecule has 1 aromatic rings. The van der Waals surface area contributed by atoms with E-state index in [0.717, 1.165) is 36.4 Å². The Bertz CT molecular complexity index is 557. The molecule has 1 atom stereocenters.